The third-order valence-electron chi connectivity index (χ3n) is 25.5. The normalized spacial score (nSPS) is 15.7. The van der Waals surface area contributed by atoms with E-state index < -0.39 is 30.5 Å². The summed E-state index contributed by atoms with van der Waals surface area (Å²) in [6.45, 7) is 0. The van der Waals surface area contributed by atoms with Crippen molar-refractivity contribution in [3.63, 3.8) is 0 Å². The summed E-state index contributed by atoms with van der Waals surface area (Å²) in [6, 6.07) is 133. The lowest BCUT2D eigenvalue weighted by Crippen LogP contribution is -2.29. The van der Waals surface area contributed by atoms with Gasteiger partial charge in [0.05, 0.1) is 41.8 Å². The van der Waals surface area contributed by atoms with Crippen LogP contribution in [0.25, 0.3) is 168 Å². The molecular formula is C110H66N6O4S2. The largest absolute Gasteiger partial charge is 0.264 e. The van der Waals surface area contributed by atoms with E-state index in [0.29, 0.717) is 42.9 Å². The van der Waals surface area contributed by atoms with Gasteiger partial charge in [-0.1, -0.05) is 340 Å². The van der Waals surface area contributed by atoms with Gasteiger partial charge in [0.15, 0.2) is 23.3 Å². The summed E-state index contributed by atoms with van der Waals surface area (Å²) in [5.74, 6) is 2.34. The second kappa shape index (κ2) is 27.1. The molecule has 19 aromatic rings. The molecule has 0 N–H and O–H groups in total. The quantitative estimate of drug-likeness (QED) is 0.151. The molecule has 0 amide bonds. The van der Waals surface area contributed by atoms with Crippen molar-refractivity contribution in [1.29, 1.82) is 0 Å². The molecule has 2 atom stereocenters. The average molecular weight is 1600 g/mol. The van der Waals surface area contributed by atoms with Crippen LogP contribution in [-0.4, -0.2) is 46.7 Å². The molecule has 12 heteroatoms. The Labute approximate surface area is 705 Å². The van der Waals surface area contributed by atoms with Crippen LogP contribution in [-0.2, 0) is 30.5 Å². The fraction of sp³-hybridized carbons (Fsp3) is 0.0182. The molecule has 5 heterocycles. The number of hydrogen-bond donors (Lipinski definition) is 0. The predicted molar refractivity (Wildman–Crippen MR) is 483 cm³/mol. The van der Waals surface area contributed by atoms with E-state index in [4.69, 9.17) is 24.9 Å². The molecule has 0 bridgehead atoms. The van der Waals surface area contributed by atoms with Crippen LogP contribution in [0.1, 0.15) is 44.5 Å². The van der Waals surface area contributed by atoms with E-state index in [-0.39, 0.29) is 0 Å². The van der Waals surface area contributed by atoms with Crippen LogP contribution in [0.3, 0.4) is 0 Å². The van der Waals surface area contributed by atoms with Crippen LogP contribution in [0, 0.1) is 0 Å². The van der Waals surface area contributed by atoms with Gasteiger partial charge in [-0.25, -0.2) is 41.8 Å². The first kappa shape index (κ1) is 70.8. The van der Waals surface area contributed by atoms with Crippen molar-refractivity contribution in [2.75, 3.05) is 0 Å². The van der Waals surface area contributed by atoms with Crippen LogP contribution < -0.4 is 0 Å². The van der Waals surface area contributed by atoms with Gasteiger partial charge in [0.25, 0.3) is 0 Å². The second-order valence-corrected chi connectivity index (χ2v) is 35.5. The van der Waals surface area contributed by atoms with Gasteiger partial charge in [0.1, 0.15) is 0 Å². The molecule has 2 spiro atoms. The third kappa shape index (κ3) is 10.3. The first-order chi connectivity index (χ1) is 60.0. The summed E-state index contributed by atoms with van der Waals surface area (Å²) in [4.78, 5) is 31.7. The number of rotatable bonds is 7. The van der Waals surface area contributed by atoms with Crippen LogP contribution in [0.5, 0.6) is 0 Å². The van der Waals surface area contributed by atoms with Gasteiger partial charge in [-0.05, 0) is 171 Å². The monoisotopic (exact) mass is 1600 g/mol. The van der Waals surface area contributed by atoms with Gasteiger partial charge in [-0.2, -0.15) is 0 Å². The van der Waals surface area contributed by atoms with Gasteiger partial charge < -0.3 is 0 Å². The molecule has 0 radical (unpaired) electrons. The second-order valence-electron chi connectivity index (χ2n) is 31.7. The van der Waals surface area contributed by atoms with E-state index >= 15 is 0 Å². The van der Waals surface area contributed by atoms with E-state index in [1.807, 2.05) is 134 Å². The van der Waals surface area contributed by atoms with Crippen LogP contribution in [0.4, 0.5) is 0 Å². The lowest BCUT2D eigenvalue weighted by Gasteiger charge is -2.35. The Balaban J connectivity index is 0.000000139. The number of benzene rings is 16. The molecular weight excluding hydrogens is 1530 g/mol. The van der Waals surface area contributed by atoms with E-state index in [2.05, 4.69) is 254 Å². The zero-order chi connectivity index (χ0) is 81.2. The number of hydrogen-bond acceptors (Lipinski definition) is 10. The van der Waals surface area contributed by atoms with Crippen molar-refractivity contribution >= 4 is 19.7 Å². The molecule has 3 aromatic heterocycles. The molecule has 0 saturated carbocycles. The van der Waals surface area contributed by atoms with Crippen LogP contribution >= 0.6 is 0 Å². The standard InChI is InChI=1S/C57H34N4O2S.C53H32N2O2S/c62-64(63)50-23-11-8-20-45(50)53-51(64)31-30-48-52(53)44-19-7-10-22-47(44)57(48)46-21-9-6-18-42(46)40-16-4-5-17-41(40)43-29-28-38(33-49(43)57)56-60-54(36-13-2-1-3-14-36)59-55(61-56)37-26-24-35(25-27-37)39-15-12-32-58-34-39;56-58(57)48-26-14-11-23-41(48)51-49(58)30-29-44-50(51)40-22-10-13-25-43(40)53(44)42-24-12-9-21-38(42)36-19-7-8-20-37(36)39-28-27-35(31-45(39)53)47-32-46(33-15-3-1-4-16-33)54-52(55-47)34-17-5-2-6-18-34/h1-34H;1-32H. The summed E-state index contributed by atoms with van der Waals surface area (Å²) in [5, 5.41) is 0. The van der Waals surface area contributed by atoms with Crippen LogP contribution in [0.15, 0.2) is 420 Å². The molecule has 16 aromatic carbocycles. The Kier molecular flexibility index (Phi) is 15.7. The minimum absolute atomic E-state index is 0.345. The summed E-state index contributed by atoms with van der Waals surface area (Å²) in [5.41, 5.74) is 32.3. The van der Waals surface area contributed by atoms with E-state index in [1.165, 1.54) is 0 Å². The number of nitrogens with zero attached hydrogens (tertiary/aromatic N) is 6. The topological polar surface area (TPSA) is 146 Å². The molecule has 122 heavy (non-hydrogen) atoms. The van der Waals surface area contributed by atoms with Gasteiger partial charge in [-0.15, -0.1) is 0 Å². The molecule has 4 aliphatic carbocycles. The lowest BCUT2D eigenvalue weighted by atomic mass is 9.65. The van der Waals surface area contributed by atoms with Crippen molar-refractivity contribution < 1.29 is 16.8 Å². The number of pyridine rings is 1. The highest BCUT2D eigenvalue weighted by atomic mass is 32.2. The SMILES string of the molecule is O=S1(=O)c2ccccc2-c2c1ccc1c2-c2ccccc2C12c1ccccc1-c1ccccc1-c1ccc(-c3cc(-c4ccccc4)nc(-c4ccccc4)n3)cc12.O=S1(=O)c2ccccc2-c2c1ccc1c2-c2ccccc2C12c1ccccc1-c1ccccc1-c1ccc(-c3nc(-c4ccccc4)nc(-c4ccc(-c5cccnc5)cc4)n3)cc12. The highest BCUT2D eigenvalue weighted by Crippen LogP contribution is 2.68. The van der Waals surface area contributed by atoms with Crippen LogP contribution in [0.2, 0.25) is 0 Å². The van der Waals surface area contributed by atoms with Crippen molar-refractivity contribution in [3.8, 4) is 168 Å². The summed E-state index contributed by atoms with van der Waals surface area (Å²) in [6.07, 6.45) is 3.64. The van der Waals surface area contributed by atoms with Crippen molar-refractivity contribution in [3.05, 3.63) is 445 Å². The van der Waals surface area contributed by atoms with Gasteiger partial charge in [0, 0.05) is 68.0 Å². The smallest absolute Gasteiger partial charge is 0.207 e. The van der Waals surface area contributed by atoms with E-state index in [0.717, 1.165) is 189 Å². The maximum atomic E-state index is 14.3. The number of fused-ring (bicyclic) bond motifs is 32. The zero-order valence-electron chi connectivity index (χ0n) is 65.2. The fourth-order valence-corrected chi connectivity index (χ4v) is 23.8. The summed E-state index contributed by atoms with van der Waals surface area (Å²) in [7, 11) is -7.46. The Hall–Kier alpha value is -15.3. The first-order valence-electron chi connectivity index (χ1n) is 40.8. The van der Waals surface area contributed by atoms with Gasteiger partial charge >= 0.3 is 0 Å². The van der Waals surface area contributed by atoms with E-state index in [9.17, 15) is 16.8 Å². The molecule has 6 aliphatic rings. The van der Waals surface area contributed by atoms with Crippen molar-refractivity contribution in [1.82, 2.24) is 29.9 Å². The number of sulfone groups is 2. The zero-order valence-corrected chi connectivity index (χ0v) is 66.9. The average Bonchev–Trinajstić information content (AvgIpc) is 1.51. The highest BCUT2D eigenvalue weighted by molar-refractivity contribution is 7.92. The molecule has 0 saturated heterocycles. The fourth-order valence-electron chi connectivity index (χ4n) is 20.4. The molecule has 0 fully saturated rings. The Morgan fingerprint density at radius 2 is 0.508 bits per heavy atom. The minimum Gasteiger partial charge on any atom is -0.264 e. The summed E-state index contributed by atoms with van der Waals surface area (Å²) >= 11 is 0. The molecule has 572 valence electrons. The van der Waals surface area contributed by atoms with Gasteiger partial charge in [0.2, 0.25) is 19.7 Å². The van der Waals surface area contributed by atoms with Crippen molar-refractivity contribution in [2.45, 2.75) is 30.4 Å². The maximum Gasteiger partial charge on any atom is 0.207 e. The van der Waals surface area contributed by atoms with E-state index in [1.54, 1.807) is 18.3 Å². The molecule has 25 rings (SSSR count). The first-order valence-corrected chi connectivity index (χ1v) is 43.7. The Morgan fingerprint density at radius 1 is 0.189 bits per heavy atom. The third-order valence-corrected chi connectivity index (χ3v) is 29.2. The molecule has 2 aliphatic heterocycles. The summed E-state index contributed by atoms with van der Waals surface area (Å²) < 4.78 is 57.0. The number of aromatic nitrogens is 6. The Morgan fingerprint density at radius 3 is 0.959 bits per heavy atom. The maximum absolute atomic E-state index is 14.3. The highest BCUT2D eigenvalue weighted by Gasteiger charge is 2.55. The van der Waals surface area contributed by atoms with Crippen molar-refractivity contribution in [2.24, 2.45) is 0 Å². The molecule has 10 nitrogen and oxygen atoms in total. The minimum atomic E-state index is -3.74. The Bertz CT molecular complexity index is 7860. The molecule has 2 unspecified atom stereocenters. The van der Waals surface area contributed by atoms with Gasteiger partial charge in [-0.3, -0.25) is 4.98 Å². The predicted octanol–water partition coefficient (Wildman–Crippen LogP) is 25.1. The lowest BCUT2D eigenvalue weighted by molar-refractivity contribution is 0.597.